The number of imidazole rings is 1. The van der Waals surface area contributed by atoms with Gasteiger partial charge in [-0.25, -0.2) is 0 Å². The maximum Gasteiger partial charge on any atom is 0.240 e. The van der Waals surface area contributed by atoms with E-state index in [1.807, 2.05) is 55.5 Å². The zero-order valence-electron chi connectivity index (χ0n) is 12.5. The molecule has 4 nitrogen and oxygen atoms in total. The van der Waals surface area contributed by atoms with Crippen molar-refractivity contribution in [2.75, 3.05) is 0 Å². The van der Waals surface area contributed by atoms with Crippen LogP contribution in [-0.4, -0.2) is 9.97 Å². The summed E-state index contributed by atoms with van der Waals surface area (Å²) >= 11 is 3.41. The fourth-order valence-electron chi connectivity index (χ4n) is 2.24. The number of ether oxygens (including phenoxy) is 1. The van der Waals surface area contributed by atoms with Crippen LogP contribution >= 0.6 is 15.9 Å². The molecule has 0 fully saturated rings. The van der Waals surface area contributed by atoms with Gasteiger partial charge in [-0.1, -0.05) is 28.1 Å². The first-order chi connectivity index (χ1) is 11.1. The average molecular weight is 368 g/mol. The lowest BCUT2D eigenvalue weighted by Gasteiger charge is -2.06. The van der Waals surface area contributed by atoms with Crippen molar-refractivity contribution in [3.05, 3.63) is 75.6 Å². The fraction of sp³-hybridized carbons (Fsp3) is 0.111. The molecule has 0 aliphatic carbocycles. The zero-order chi connectivity index (χ0) is 16.2. The summed E-state index contributed by atoms with van der Waals surface area (Å²) in [6.07, 6.45) is 0.665. The van der Waals surface area contributed by atoms with E-state index in [2.05, 4.69) is 32.0 Å². The SMILES string of the molecule is Cc1nc(Oc2ccc(Br)cc2)c(Cc2ccc(C#N)cc2)[nH]1. The van der Waals surface area contributed by atoms with E-state index in [0.29, 0.717) is 17.9 Å². The highest BCUT2D eigenvalue weighted by Gasteiger charge is 2.11. The number of hydrogen-bond donors (Lipinski definition) is 1. The minimum absolute atomic E-state index is 0.578. The largest absolute Gasteiger partial charge is 0.437 e. The molecule has 0 unspecified atom stereocenters. The van der Waals surface area contributed by atoms with Crippen LogP contribution < -0.4 is 4.74 Å². The summed E-state index contributed by atoms with van der Waals surface area (Å²) in [5, 5.41) is 8.86. The third-order valence-corrected chi connectivity index (χ3v) is 3.88. The number of aromatic amines is 1. The molecule has 0 atom stereocenters. The molecule has 0 spiro atoms. The summed E-state index contributed by atoms with van der Waals surface area (Å²) in [5.74, 6) is 2.12. The molecule has 1 heterocycles. The molecule has 0 bridgehead atoms. The molecule has 0 saturated heterocycles. The summed E-state index contributed by atoms with van der Waals surface area (Å²) in [6, 6.07) is 17.3. The van der Waals surface area contributed by atoms with Crippen molar-refractivity contribution in [3.63, 3.8) is 0 Å². The van der Waals surface area contributed by atoms with E-state index in [0.717, 1.165) is 27.3 Å². The van der Waals surface area contributed by atoms with Crippen molar-refractivity contribution in [1.29, 1.82) is 5.26 Å². The predicted molar refractivity (Wildman–Crippen MR) is 91.5 cm³/mol. The summed E-state index contributed by atoms with van der Waals surface area (Å²) in [7, 11) is 0. The molecular weight excluding hydrogens is 354 g/mol. The van der Waals surface area contributed by atoms with Crippen LogP contribution in [0.15, 0.2) is 53.0 Å². The molecule has 2 aromatic carbocycles. The van der Waals surface area contributed by atoms with Crippen molar-refractivity contribution in [2.45, 2.75) is 13.3 Å². The van der Waals surface area contributed by atoms with Gasteiger partial charge >= 0.3 is 0 Å². The van der Waals surface area contributed by atoms with E-state index in [1.54, 1.807) is 0 Å². The Bertz CT molecular complexity index is 845. The van der Waals surface area contributed by atoms with E-state index in [9.17, 15) is 0 Å². The molecule has 0 aliphatic heterocycles. The first-order valence-corrected chi connectivity index (χ1v) is 7.91. The van der Waals surface area contributed by atoms with Gasteiger partial charge in [0.15, 0.2) is 0 Å². The van der Waals surface area contributed by atoms with E-state index >= 15 is 0 Å². The lowest BCUT2D eigenvalue weighted by Crippen LogP contribution is -1.93. The van der Waals surface area contributed by atoms with Crippen LogP contribution in [0.4, 0.5) is 0 Å². The standard InChI is InChI=1S/C18H14BrN3O/c1-12-21-17(10-13-2-4-14(11-20)5-3-13)18(22-12)23-16-8-6-15(19)7-9-16/h2-9H,10H2,1H3,(H,21,22). The van der Waals surface area contributed by atoms with Gasteiger partial charge in [-0.3, -0.25) is 0 Å². The number of nitrogens with one attached hydrogen (secondary N) is 1. The Balaban J connectivity index is 1.82. The second-order valence-corrected chi connectivity index (χ2v) is 6.06. The molecule has 23 heavy (non-hydrogen) atoms. The van der Waals surface area contributed by atoms with Gasteiger partial charge < -0.3 is 9.72 Å². The predicted octanol–water partition coefficient (Wildman–Crippen LogP) is 4.74. The molecule has 1 aromatic heterocycles. The van der Waals surface area contributed by atoms with Crippen molar-refractivity contribution < 1.29 is 4.74 Å². The molecule has 5 heteroatoms. The number of aryl methyl sites for hydroxylation is 1. The zero-order valence-corrected chi connectivity index (χ0v) is 14.1. The van der Waals surface area contributed by atoms with E-state index in [4.69, 9.17) is 10.00 Å². The number of rotatable bonds is 4. The molecule has 0 aliphatic rings. The maximum absolute atomic E-state index is 8.86. The Hall–Kier alpha value is -2.58. The number of nitriles is 1. The number of benzene rings is 2. The minimum atomic E-state index is 0.578. The number of hydrogen-bond acceptors (Lipinski definition) is 3. The highest BCUT2D eigenvalue weighted by Crippen LogP contribution is 2.26. The first kappa shape index (κ1) is 15.3. The fourth-order valence-corrected chi connectivity index (χ4v) is 2.50. The van der Waals surface area contributed by atoms with Gasteiger partial charge in [0.2, 0.25) is 5.88 Å². The number of H-pyrrole nitrogens is 1. The summed E-state index contributed by atoms with van der Waals surface area (Å²) in [5.41, 5.74) is 2.66. The van der Waals surface area contributed by atoms with E-state index in [1.165, 1.54) is 0 Å². The van der Waals surface area contributed by atoms with Crippen LogP contribution in [0, 0.1) is 18.3 Å². The molecular formula is C18H14BrN3O. The highest BCUT2D eigenvalue weighted by molar-refractivity contribution is 9.10. The van der Waals surface area contributed by atoms with E-state index < -0.39 is 0 Å². The molecule has 114 valence electrons. The lowest BCUT2D eigenvalue weighted by molar-refractivity contribution is 0.460. The Labute approximate surface area is 142 Å². The van der Waals surface area contributed by atoms with Crippen LogP contribution in [0.25, 0.3) is 0 Å². The van der Waals surface area contributed by atoms with Crippen molar-refractivity contribution in [2.24, 2.45) is 0 Å². The summed E-state index contributed by atoms with van der Waals surface area (Å²) in [6.45, 7) is 1.90. The second kappa shape index (κ2) is 6.67. The normalized spacial score (nSPS) is 10.3. The van der Waals surface area contributed by atoms with Gasteiger partial charge in [-0.05, 0) is 48.9 Å². The molecule has 3 rings (SSSR count). The smallest absolute Gasteiger partial charge is 0.240 e. The van der Waals surface area contributed by atoms with Crippen LogP contribution in [0.3, 0.4) is 0 Å². The first-order valence-electron chi connectivity index (χ1n) is 7.12. The van der Waals surface area contributed by atoms with Crippen LogP contribution in [0.1, 0.15) is 22.6 Å². The topological polar surface area (TPSA) is 61.7 Å². The molecule has 0 radical (unpaired) electrons. The van der Waals surface area contributed by atoms with Crippen LogP contribution in [0.2, 0.25) is 0 Å². The third kappa shape index (κ3) is 3.79. The summed E-state index contributed by atoms with van der Waals surface area (Å²) in [4.78, 5) is 7.66. The number of aromatic nitrogens is 2. The molecule has 0 amide bonds. The van der Waals surface area contributed by atoms with Gasteiger partial charge in [-0.2, -0.15) is 10.2 Å². The van der Waals surface area contributed by atoms with Crippen molar-refractivity contribution in [3.8, 4) is 17.7 Å². The van der Waals surface area contributed by atoms with Crippen molar-refractivity contribution in [1.82, 2.24) is 9.97 Å². The highest BCUT2D eigenvalue weighted by atomic mass is 79.9. The Kier molecular flexibility index (Phi) is 4.45. The summed E-state index contributed by atoms with van der Waals surface area (Å²) < 4.78 is 6.89. The lowest BCUT2D eigenvalue weighted by atomic mass is 10.1. The Morgan fingerprint density at radius 3 is 2.48 bits per heavy atom. The molecule has 1 N–H and O–H groups in total. The van der Waals surface area contributed by atoms with Gasteiger partial charge in [0, 0.05) is 10.9 Å². The monoisotopic (exact) mass is 367 g/mol. The average Bonchev–Trinajstić information content (AvgIpc) is 2.89. The number of halogens is 1. The minimum Gasteiger partial charge on any atom is -0.437 e. The maximum atomic E-state index is 8.86. The Morgan fingerprint density at radius 2 is 1.83 bits per heavy atom. The Morgan fingerprint density at radius 1 is 1.13 bits per heavy atom. The molecule has 3 aromatic rings. The van der Waals surface area contributed by atoms with Gasteiger partial charge in [-0.15, -0.1) is 0 Å². The van der Waals surface area contributed by atoms with Gasteiger partial charge in [0.1, 0.15) is 11.6 Å². The third-order valence-electron chi connectivity index (χ3n) is 3.35. The second-order valence-electron chi connectivity index (χ2n) is 5.15. The van der Waals surface area contributed by atoms with Crippen LogP contribution in [0.5, 0.6) is 11.6 Å². The van der Waals surface area contributed by atoms with Crippen LogP contribution in [-0.2, 0) is 6.42 Å². The van der Waals surface area contributed by atoms with Gasteiger partial charge in [0.25, 0.3) is 0 Å². The number of nitrogens with zero attached hydrogens (tertiary/aromatic N) is 2. The molecule has 0 saturated carbocycles. The van der Waals surface area contributed by atoms with E-state index in [-0.39, 0.29) is 0 Å². The van der Waals surface area contributed by atoms with Gasteiger partial charge in [0.05, 0.1) is 17.3 Å². The quantitative estimate of drug-likeness (QED) is 0.724. The van der Waals surface area contributed by atoms with Crippen molar-refractivity contribution >= 4 is 15.9 Å².